The van der Waals surface area contributed by atoms with Crippen LogP contribution >= 0.6 is 27.7 Å². The minimum Gasteiger partial charge on any atom is -0.497 e. The van der Waals surface area contributed by atoms with Crippen molar-refractivity contribution in [1.82, 2.24) is 4.90 Å². The first-order chi connectivity index (χ1) is 13.7. The van der Waals surface area contributed by atoms with Gasteiger partial charge in [-0.25, -0.2) is 0 Å². The van der Waals surface area contributed by atoms with E-state index < -0.39 is 0 Å². The van der Waals surface area contributed by atoms with Crippen LogP contribution in [0.25, 0.3) is 0 Å². The number of ether oxygens (including phenoxy) is 2. The van der Waals surface area contributed by atoms with E-state index in [-0.39, 0.29) is 5.91 Å². The molecule has 1 aliphatic rings. The van der Waals surface area contributed by atoms with Crippen LogP contribution in [-0.4, -0.2) is 62.2 Å². The zero-order chi connectivity index (χ0) is 19.8. The van der Waals surface area contributed by atoms with Gasteiger partial charge in [-0.15, -0.1) is 11.8 Å². The number of carbonyl (C=O) groups excluding carboxylic acids is 1. The molecule has 0 saturated carbocycles. The smallest absolute Gasteiger partial charge is 0.232 e. The third-order valence-corrected chi connectivity index (χ3v) is 6.04. The second-order valence-corrected chi connectivity index (χ2v) is 8.44. The van der Waals surface area contributed by atoms with E-state index in [1.54, 1.807) is 18.9 Å². The lowest BCUT2D eigenvalue weighted by Gasteiger charge is -2.36. The first-order valence-corrected chi connectivity index (χ1v) is 11.2. The molecule has 1 fully saturated rings. The molecule has 1 saturated heterocycles. The fourth-order valence-electron chi connectivity index (χ4n) is 3.01. The normalized spacial score (nSPS) is 14.1. The van der Waals surface area contributed by atoms with E-state index in [0.29, 0.717) is 12.4 Å². The Balaban J connectivity index is 1.32. The molecular formula is C21H25BrN2O3S. The first-order valence-electron chi connectivity index (χ1n) is 9.28. The quantitative estimate of drug-likeness (QED) is 0.553. The number of halogens is 1. The predicted molar refractivity (Wildman–Crippen MR) is 119 cm³/mol. The molecule has 0 atom stereocenters. The number of hydrogen-bond acceptors (Lipinski definition) is 5. The van der Waals surface area contributed by atoms with Crippen LogP contribution in [0.5, 0.6) is 11.5 Å². The minimum absolute atomic E-state index is 0.211. The maximum absolute atomic E-state index is 12.4. The molecular weight excluding hydrogens is 440 g/mol. The van der Waals surface area contributed by atoms with Crippen LogP contribution in [0.4, 0.5) is 5.69 Å². The first kappa shape index (κ1) is 20.9. The van der Waals surface area contributed by atoms with Gasteiger partial charge in [0.1, 0.15) is 11.5 Å². The van der Waals surface area contributed by atoms with Crippen molar-refractivity contribution >= 4 is 39.3 Å². The van der Waals surface area contributed by atoms with Crippen molar-refractivity contribution in [1.29, 1.82) is 0 Å². The summed E-state index contributed by atoms with van der Waals surface area (Å²) < 4.78 is 11.9. The maximum atomic E-state index is 12.4. The van der Waals surface area contributed by atoms with Crippen LogP contribution in [0.3, 0.4) is 0 Å². The van der Waals surface area contributed by atoms with Gasteiger partial charge in [0.05, 0.1) is 19.5 Å². The second-order valence-electron chi connectivity index (χ2n) is 6.42. The molecule has 0 unspecified atom stereocenters. The Morgan fingerprint density at radius 1 is 1.00 bits per heavy atom. The van der Waals surface area contributed by atoms with Gasteiger partial charge in [0.2, 0.25) is 5.91 Å². The number of hydrogen-bond donors (Lipinski definition) is 0. The Morgan fingerprint density at radius 2 is 1.64 bits per heavy atom. The van der Waals surface area contributed by atoms with Crippen LogP contribution in [0, 0.1) is 0 Å². The third kappa shape index (κ3) is 6.07. The number of benzene rings is 2. The van der Waals surface area contributed by atoms with Crippen LogP contribution in [0.15, 0.2) is 53.0 Å². The lowest BCUT2D eigenvalue weighted by Crippen LogP contribution is -2.49. The highest BCUT2D eigenvalue weighted by atomic mass is 79.9. The second kappa shape index (κ2) is 10.6. The minimum atomic E-state index is 0.211. The van der Waals surface area contributed by atoms with Crippen LogP contribution in [0.1, 0.15) is 0 Å². The van der Waals surface area contributed by atoms with Gasteiger partial charge in [0.25, 0.3) is 0 Å². The van der Waals surface area contributed by atoms with E-state index in [9.17, 15) is 4.79 Å². The summed E-state index contributed by atoms with van der Waals surface area (Å²) in [6, 6.07) is 15.9. The van der Waals surface area contributed by atoms with Gasteiger partial charge in [0.15, 0.2) is 0 Å². The van der Waals surface area contributed by atoms with E-state index >= 15 is 0 Å². The molecule has 0 aliphatic carbocycles. The van der Waals surface area contributed by atoms with E-state index in [1.807, 2.05) is 41.3 Å². The molecule has 1 heterocycles. The number of anilines is 1. The van der Waals surface area contributed by atoms with Crippen LogP contribution < -0.4 is 14.4 Å². The molecule has 0 N–H and O–H groups in total. The fourth-order valence-corrected chi connectivity index (χ4v) is 3.97. The van der Waals surface area contributed by atoms with Crippen molar-refractivity contribution < 1.29 is 14.3 Å². The Kier molecular flexibility index (Phi) is 7.91. The standard InChI is InChI=1S/C21H25BrN2O3S/c1-26-19-8-4-18(5-9-19)23-10-12-24(13-11-23)21(25)16-28-15-14-27-20-6-2-17(22)3-7-20/h2-9H,10-16H2,1H3. The molecule has 0 aromatic heterocycles. The summed E-state index contributed by atoms with van der Waals surface area (Å²) in [5, 5.41) is 0. The summed E-state index contributed by atoms with van der Waals surface area (Å²) in [6.07, 6.45) is 0. The Morgan fingerprint density at radius 3 is 2.29 bits per heavy atom. The molecule has 1 amide bonds. The lowest BCUT2D eigenvalue weighted by molar-refractivity contribution is -0.128. The zero-order valence-corrected chi connectivity index (χ0v) is 18.4. The number of methoxy groups -OCH3 is 1. The third-order valence-electron chi connectivity index (χ3n) is 4.61. The predicted octanol–water partition coefficient (Wildman–Crippen LogP) is 3.92. The molecule has 7 heteroatoms. The van der Waals surface area contributed by atoms with Crippen LogP contribution in [-0.2, 0) is 4.79 Å². The van der Waals surface area contributed by atoms with Crippen molar-refractivity contribution in [2.75, 3.05) is 56.3 Å². The summed E-state index contributed by atoms with van der Waals surface area (Å²) >= 11 is 5.03. The highest BCUT2D eigenvalue weighted by Gasteiger charge is 2.21. The molecule has 150 valence electrons. The number of amides is 1. The molecule has 28 heavy (non-hydrogen) atoms. The van der Waals surface area contributed by atoms with Gasteiger partial charge in [-0.05, 0) is 48.5 Å². The maximum Gasteiger partial charge on any atom is 0.232 e. The molecule has 0 bridgehead atoms. The van der Waals surface area contributed by atoms with Crippen molar-refractivity contribution in [3.05, 3.63) is 53.0 Å². The zero-order valence-electron chi connectivity index (χ0n) is 16.0. The van der Waals surface area contributed by atoms with E-state index in [0.717, 1.165) is 47.9 Å². The molecule has 5 nitrogen and oxygen atoms in total. The number of carbonyl (C=O) groups is 1. The van der Waals surface area contributed by atoms with Gasteiger partial charge in [0, 0.05) is 42.1 Å². The molecule has 0 spiro atoms. The van der Waals surface area contributed by atoms with Gasteiger partial charge >= 0.3 is 0 Å². The van der Waals surface area contributed by atoms with Crippen molar-refractivity contribution in [3.8, 4) is 11.5 Å². The van der Waals surface area contributed by atoms with Crippen LogP contribution in [0.2, 0.25) is 0 Å². The number of thioether (sulfide) groups is 1. The molecule has 3 rings (SSSR count). The topological polar surface area (TPSA) is 42.0 Å². The van der Waals surface area contributed by atoms with Gasteiger partial charge in [-0.3, -0.25) is 4.79 Å². The van der Waals surface area contributed by atoms with E-state index in [1.165, 1.54) is 5.69 Å². The number of nitrogens with zero attached hydrogens (tertiary/aromatic N) is 2. The summed E-state index contributed by atoms with van der Waals surface area (Å²) in [7, 11) is 1.67. The highest BCUT2D eigenvalue weighted by molar-refractivity contribution is 9.10. The van der Waals surface area contributed by atoms with E-state index in [2.05, 4.69) is 33.0 Å². The summed E-state index contributed by atoms with van der Waals surface area (Å²) in [5.74, 6) is 3.23. The molecule has 2 aromatic rings. The average Bonchev–Trinajstić information content (AvgIpc) is 2.75. The van der Waals surface area contributed by atoms with E-state index in [4.69, 9.17) is 9.47 Å². The Labute approximate surface area is 179 Å². The molecule has 0 radical (unpaired) electrons. The van der Waals surface area contributed by atoms with Crippen molar-refractivity contribution in [3.63, 3.8) is 0 Å². The Bertz CT molecular complexity index is 747. The summed E-state index contributed by atoms with van der Waals surface area (Å²) in [6.45, 7) is 3.84. The highest BCUT2D eigenvalue weighted by Crippen LogP contribution is 2.21. The SMILES string of the molecule is COc1ccc(N2CCN(C(=O)CSCCOc3ccc(Br)cc3)CC2)cc1. The molecule has 1 aliphatic heterocycles. The Hall–Kier alpha value is -1.86. The summed E-state index contributed by atoms with van der Waals surface area (Å²) in [5.41, 5.74) is 1.17. The van der Waals surface area contributed by atoms with Gasteiger partial charge < -0.3 is 19.3 Å². The number of rotatable bonds is 8. The average molecular weight is 465 g/mol. The van der Waals surface area contributed by atoms with Crippen molar-refractivity contribution in [2.45, 2.75) is 0 Å². The van der Waals surface area contributed by atoms with Gasteiger partial charge in [-0.1, -0.05) is 15.9 Å². The summed E-state index contributed by atoms with van der Waals surface area (Å²) in [4.78, 5) is 16.7. The lowest BCUT2D eigenvalue weighted by atomic mass is 10.2. The molecule has 2 aromatic carbocycles. The monoisotopic (exact) mass is 464 g/mol. The largest absolute Gasteiger partial charge is 0.497 e. The van der Waals surface area contributed by atoms with Crippen molar-refractivity contribution in [2.24, 2.45) is 0 Å². The fraction of sp³-hybridized carbons (Fsp3) is 0.381. The van der Waals surface area contributed by atoms with Gasteiger partial charge in [-0.2, -0.15) is 0 Å². The number of piperazine rings is 1.